The van der Waals surface area contributed by atoms with Crippen LogP contribution in [0.25, 0.3) is 22.3 Å². The van der Waals surface area contributed by atoms with Gasteiger partial charge in [0.05, 0.1) is 0 Å². The molecule has 0 aliphatic heterocycles. The Bertz CT molecular complexity index is 4850. The SMILES string of the molecule is CCCCCCCCC1(CCCCCCCC)c2cc(C)ccc2-c2ccc(C)cc21.CCCCCCCCC1(CCCCCCCC)c2cc(C)ccc2-c2ccc(C)cc21.CCCCc1ccc(N(c2ccc(CCCC)cc2)c2ccc(N(c3ccc(C)cc3)c3ccc(C)cc3)cc2)cc1.Cc1ccc(N(c2ccc(C)cc2)c2ccc3c(c2)CC3)cc1. The maximum absolute atomic E-state index is 2.53. The minimum absolute atomic E-state index is 0.234. The smallest absolute Gasteiger partial charge is 0.0464 e. The van der Waals surface area contributed by atoms with Crippen LogP contribution in [0.1, 0.15) is 336 Å². The minimum Gasteiger partial charge on any atom is -0.311 e. The first-order valence-corrected chi connectivity index (χ1v) is 50.5. The van der Waals surface area contributed by atoms with Crippen LogP contribution in [-0.4, -0.2) is 0 Å². The molecule has 0 amide bonds. The van der Waals surface area contributed by atoms with Crippen LogP contribution in [0.15, 0.2) is 261 Å². The molecule has 15 rings (SSSR count). The normalized spacial score (nSPS) is 12.7. The molecule has 0 bridgehead atoms. The fourth-order valence-corrected chi connectivity index (χ4v) is 20.2. The van der Waals surface area contributed by atoms with Crippen molar-refractivity contribution < 1.29 is 0 Å². The van der Waals surface area contributed by atoms with Gasteiger partial charge in [0.15, 0.2) is 0 Å². The van der Waals surface area contributed by atoms with Crippen molar-refractivity contribution in [2.75, 3.05) is 14.7 Å². The number of hydrogen-bond donors (Lipinski definition) is 0. The topological polar surface area (TPSA) is 9.72 Å². The van der Waals surface area contributed by atoms with Gasteiger partial charge >= 0.3 is 0 Å². The minimum atomic E-state index is 0.234. The summed E-state index contributed by atoms with van der Waals surface area (Å²) in [7, 11) is 0. The third-order valence-electron chi connectivity index (χ3n) is 27.8. The van der Waals surface area contributed by atoms with Gasteiger partial charge in [0.1, 0.15) is 0 Å². The van der Waals surface area contributed by atoms with E-state index in [1.165, 1.54) is 336 Å². The summed E-state index contributed by atoms with van der Waals surface area (Å²) >= 11 is 0. The number of aryl methyl sites for hydroxylation is 12. The molecule has 668 valence electrons. The van der Waals surface area contributed by atoms with Gasteiger partial charge in [-0.05, 0) is 296 Å². The molecule has 127 heavy (non-hydrogen) atoms. The second kappa shape index (κ2) is 49.0. The summed E-state index contributed by atoms with van der Waals surface area (Å²) in [4.78, 5) is 7.05. The molecule has 0 aromatic heterocycles. The fraction of sp³-hybridized carbons (Fsp3) is 0.419. The lowest BCUT2D eigenvalue weighted by atomic mass is 9.70. The number of benzene rings is 12. The maximum Gasteiger partial charge on any atom is 0.0464 e. The van der Waals surface area contributed by atoms with E-state index in [1.54, 1.807) is 22.3 Å². The van der Waals surface area contributed by atoms with Gasteiger partial charge < -0.3 is 14.7 Å². The second-order valence-electron chi connectivity index (χ2n) is 38.3. The molecule has 0 N–H and O–H groups in total. The second-order valence-corrected chi connectivity index (χ2v) is 38.3. The van der Waals surface area contributed by atoms with Crippen LogP contribution in [0.2, 0.25) is 0 Å². The van der Waals surface area contributed by atoms with Gasteiger partial charge in [0.25, 0.3) is 0 Å². The third kappa shape index (κ3) is 25.8. The van der Waals surface area contributed by atoms with E-state index >= 15 is 0 Å². The summed E-state index contributed by atoms with van der Waals surface area (Å²) in [5, 5.41) is 0. The highest BCUT2D eigenvalue weighted by Crippen LogP contribution is 2.57. The van der Waals surface area contributed by atoms with Crippen molar-refractivity contribution in [2.45, 2.75) is 339 Å². The molecule has 0 saturated heterocycles. The van der Waals surface area contributed by atoms with Crippen LogP contribution in [0, 0.1) is 55.4 Å². The first-order valence-electron chi connectivity index (χ1n) is 50.5. The Balaban J connectivity index is 0.000000157. The van der Waals surface area contributed by atoms with Crippen molar-refractivity contribution in [2.24, 2.45) is 0 Å². The number of unbranched alkanes of at least 4 members (excludes halogenated alkanes) is 22. The lowest BCUT2D eigenvalue weighted by Crippen LogP contribution is -2.25. The van der Waals surface area contributed by atoms with Crippen molar-refractivity contribution >= 4 is 51.2 Å². The summed E-state index contributed by atoms with van der Waals surface area (Å²) in [5.74, 6) is 0. The fourth-order valence-electron chi connectivity index (χ4n) is 20.2. The zero-order chi connectivity index (χ0) is 89.3. The van der Waals surface area contributed by atoms with E-state index < -0.39 is 0 Å². The van der Waals surface area contributed by atoms with Crippen molar-refractivity contribution in [1.82, 2.24) is 0 Å². The molecule has 3 aliphatic carbocycles. The molecule has 0 fully saturated rings. The summed E-state index contributed by atoms with van der Waals surface area (Å²) in [6, 6.07) is 98.2. The highest BCUT2D eigenvalue weighted by molar-refractivity contribution is 5.85. The van der Waals surface area contributed by atoms with E-state index in [1.807, 2.05) is 0 Å². The van der Waals surface area contributed by atoms with E-state index in [9.17, 15) is 0 Å². The number of anilines is 9. The Labute approximate surface area is 771 Å². The molecular weight excluding hydrogens is 1530 g/mol. The summed E-state index contributed by atoms with van der Waals surface area (Å²) in [5.41, 5.74) is 40.2. The highest BCUT2D eigenvalue weighted by atomic mass is 15.2. The molecule has 0 atom stereocenters. The molecule has 12 aromatic carbocycles. The number of hydrogen-bond acceptors (Lipinski definition) is 3. The number of nitrogens with zero attached hydrogens (tertiary/aromatic N) is 3. The average Bonchev–Trinajstić information content (AvgIpc) is 1.57. The number of fused-ring (bicyclic) bond motifs is 7. The predicted molar refractivity (Wildman–Crippen MR) is 557 cm³/mol. The Morgan fingerprint density at radius 1 is 0.189 bits per heavy atom. The molecule has 3 aliphatic rings. The molecule has 3 nitrogen and oxygen atoms in total. The maximum atomic E-state index is 2.53. The Hall–Kier alpha value is -9.96. The molecule has 0 spiro atoms. The molecule has 12 aromatic rings. The van der Waals surface area contributed by atoms with Gasteiger partial charge in [-0.3, -0.25) is 0 Å². The van der Waals surface area contributed by atoms with Gasteiger partial charge in [-0.2, -0.15) is 0 Å². The van der Waals surface area contributed by atoms with Gasteiger partial charge in [0.2, 0.25) is 0 Å². The van der Waals surface area contributed by atoms with E-state index in [4.69, 9.17) is 0 Å². The zero-order valence-corrected chi connectivity index (χ0v) is 81.1. The van der Waals surface area contributed by atoms with Crippen LogP contribution in [-0.2, 0) is 36.5 Å². The van der Waals surface area contributed by atoms with Crippen molar-refractivity contribution in [3.8, 4) is 22.3 Å². The van der Waals surface area contributed by atoms with Crippen LogP contribution in [0.3, 0.4) is 0 Å². The zero-order valence-electron chi connectivity index (χ0n) is 81.1. The van der Waals surface area contributed by atoms with Crippen LogP contribution < -0.4 is 14.7 Å². The standard InChI is InChI=1S/C40H44N2.2C31H46.C22H21N/c1-5-7-9-33-15-23-37(24-16-33)42(38-25-17-34(18-26-38)10-8-6-2)40-29-27-39(28-30-40)41(35-19-11-31(3)12-20-35)36-21-13-32(4)14-22-36;2*1-5-7-9-11-13-15-21-31(22-16-14-12-10-8-6-2)29-23-25(3)17-19-27(29)28-20-18-26(4)24-30(28)31;1-16-3-10-20(11-4-16)23(21-12-5-17(2)6-13-21)22-14-9-18-7-8-19(18)15-22/h11-30H,5-10H2,1-4H3;2*17-20,23-24H,5-16,21-22H2,1-4H3;3-6,9-15H,7-8H2,1-2H3. The highest BCUT2D eigenvalue weighted by Gasteiger charge is 2.44. The molecule has 0 saturated carbocycles. The van der Waals surface area contributed by atoms with Gasteiger partial charge in [0, 0.05) is 62.0 Å². The van der Waals surface area contributed by atoms with Gasteiger partial charge in [-0.15, -0.1) is 0 Å². The molecule has 3 heteroatoms. The summed E-state index contributed by atoms with van der Waals surface area (Å²) < 4.78 is 0. The van der Waals surface area contributed by atoms with E-state index in [0.717, 1.165) is 35.6 Å². The lowest BCUT2D eigenvalue weighted by Gasteiger charge is -2.33. The van der Waals surface area contributed by atoms with Crippen molar-refractivity contribution in [1.29, 1.82) is 0 Å². The molecule has 0 unspecified atom stereocenters. The average molecular weight is 1690 g/mol. The largest absolute Gasteiger partial charge is 0.311 e. The van der Waals surface area contributed by atoms with Crippen molar-refractivity contribution in [3.63, 3.8) is 0 Å². The van der Waals surface area contributed by atoms with E-state index in [2.05, 4.69) is 372 Å². The first kappa shape index (κ1) is 96.1. The molecule has 0 radical (unpaired) electrons. The predicted octanol–water partition coefficient (Wildman–Crippen LogP) is 37.9. The third-order valence-corrected chi connectivity index (χ3v) is 27.8. The van der Waals surface area contributed by atoms with Gasteiger partial charge in [-0.25, -0.2) is 0 Å². The van der Waals surface area contributed by atoms with Crippen LogP contribution >= 0.6 is 0 Å². The quantitative estimate of drug-likeness (QED) is 0.0353. The Morgan fingerprint density at radius 3 is 0.630 bits per heavy atom. The van der Waals surface area contributed by atoms with Gasteiger partial charge in [-0.1, -0.05) is 405 Å². The van der Waals surface area contributed by atoms with Crippen molar-refractivity contribution in [3.05, 3.63) is 350 Å². The monoisotopic (exact) mass is 1690 g/mol. The summed E-state index contributed by atoms with van der Waals surface area (Å²) in [6.45, 7) is 31.4. The lowest BCUT2D eigenvalue weighted by molar-refractivity contribution is 0.397. The Morgan fingerprint density at radius 2 is 0.394 bits per heavy atom. The molecule has 0 heterocycles. The Kier molecular flexibility index (Phi) is 37.1. The summed E-state index contributed by atoms with van der Waals surface area (Å²) in [6.07, 6.45) is 48.0. The van der Waals surface area contributed by atoms with E-state index in [0.29, 0.717) is 0 Å². The van der Waals surface area contributed by atoms with E-state index in [-0.39, 0.29) is 10.8 Å². The first-order chi connectivity index (χ1) is 62.0. The molecular formula is C124H157N3. The van der Waals surface area contributed by atoms with Crippen LogP contribution in [0.5, 0.6) is 0 Å². The van der Waals surface area contributed by atoms with Crippen LogP contribution in [0.4, 0.5) is 51.2 Å². The number of rotatable bonds is 43.